The number of carbonyl (C=O) groups excluding carboxylic acids is 1. The van der Waals surface area contributed by atoms with Gasteiger partial charge in [-0.1, -0.05) is 0 Å². The lowest BCUT2D eigenvalue weighted by molar-refractivity contribution is -0.142. The van der Waals surface area contributed by atoms with Gasteiger partial charge in [0.25, 0.3) is 16.1 Å². The summed E-state index contributed by atoms with van der Waals surface area (Å²) in [7, 11) is -3.80. The van der Waals surface area contributed by atoms with Gasteiger partial charge in [-0.3, -0.25) is 14.4 Å². The molecule has 1 amide bonds. The van der Waals surface area contributed by atoms with E-state index in [1.165, 1.54) is 0 Å². The molecule has 2 heterocycles. The maximum absolute atomic E-state index is 12.0. The molecule has 0 aromatic carbocycles. The third kappa shape index (κ3) is 3.21. The number of carboxylic acids is 1. The Morgan fingerprint density at radius 3 is 2.53 bits per heavy atom. The van der Waals surface area contributed by atoms with Crippen LogP contribution in [-0.2, 0) is 24.6 Å². The zero-order chi connectivity index (χ0) is 14.0. The standard InChI is InChI=1S/C9H15N3O6S/c13-8-7(5-18-10-8)11-19(16,17)12-3-1-6(2-4-12)9(14)15/h6-7,11H,1-5H2,(H,10,13)(H,14,15)/t7-/m1/s1. The molecule has 2 aliphatic rings. The molecule has 2 saturated heterocycles. The van der Waals surface area contributed by atoms with E-state index in [0.29, 0.717) is 0 Å². The summed E-state index contributed by atoms with van der Waals surface area (Å²) < 4.78 is 27.4. The van der Waals surface area contributed by atoms with Crippen LogP contribution in [0.2, 0.25) is 0 Å². The van der Waals surface area contributed by atoms with Gasteiger partial charge in [0.05, 0.1) is 5.92 Å². The molecule has 0 aromatic rings. The van der Waals surface area contributed by atoms with Gasteiger partial charge in [-0.25, -0.2) is 5.48 Å². The molecule has 1 atom stereocenters. The second kappa shape index (κ2) is 5.41. The number of aliphatic carboxylic acids is 1. The first-order valence-electron chi connectivity index (χ1n) is 5.82. The molecule has 2 fully saturated rings. The number of rotatable bonds is 4. The topological polar surface area (TPSA) is 125 Å². The first-order valence-corrected chi connectivity index (χ1v) is 7.26. The summed E-state index contributed by atoms with van der Waals surface area (Å²) in [5, 5.41) is 8.84. The number of nitrogens with one attached hydrogen (secondary N) is 2. The molecular weight excluding hydrogens is 278 g/mol. The molecule has 2 aliphatic heterocycles. The van der Waals surface area contributed by atoms with Crippen LogP contribution in [0.4, 0.5) is 0 Å². The van der Waals surface area contributed by atoms with Crippen LogP contribution in [-0.4, -0.2) is 55.4 Å². The Kier molecular flexibility index (Phi) is 4.04. The lowest BCUT2D eigenvalue weighted by Gasteiger charge is -2.29. The minimum atomic E-state index is -3.80. The van der Waals surface area contributed by atoms with Crippen LogP contribution >= 0.6 is 0 Å². The van der Waals surface area contributed by atoms with Crippen LogP contribution in [0.5, 0.6) is 0 Å². The molecule has 0 unspecified atom stereocenters. The van der Waals surface area contributed by atoms with Gasteiger partial charge in [-0.05, 0) is 12.8 Å². The van der Waals surface area contributed by atoms with E-state index in [0.717, 1.165) is 4.31 Å². The van der Waals surface area contributed by atoms with Crippen molar-refractivity contribution in [1.29, 1.82) is 0 Å². The Bertz CT molecular complexity index is 470. The average molecular weight is 293 g/mol. The zero-order valence-corrected chi connectivity index (χ0v) is 10.9. The number of hydrogen-bond acceptors (Lipinski definition) is 5. The maximum Gasteiger partial charge on any atom is 0.306 e. The van der Waals surface area contributed by atoms with Gasteiger partial charge in [0.1, 0.15) is 12.6 Å². The first-order chi connectivity index (χ1) is 8.90. The molecule has 0 spiro atoms. The van der Waals surface area contributed by atoms with Crippen molar-refractivity contribution < 1.29 is 28.0 Å². The fourth-order valence-electron chi connectivity index (χ4n) is 2.03. The molecule has 0 aromatic heterocycles. The molecule has 3 N–H and O–H groups in total. The SMILES string of the molecule is O=C(O)C1CCN(S(=O)(=O)N[C@@H]2CONC2=O)CC1. The van der Waals surface area contributed by atoms with Crippen molar-refractivity contribution in [1.82, 2.24) is 14.5 Å². The van der Waals surface area contributed by atoms with Crippen molar-refractivity contribution in [2.24, 2.45) is 5.92 Å². The molecule has 108 valence electrons. The molecule has 2 rings (SSSR count). The average Bonchev–Trinajstić information content (AvgIpc) is 2.74. The van der Waals surface area contributed by atoms with Crippen molar-refractivity contribution in [2.75, 3.05) is 19.7 Å². The van der Waals surface area contributed by atoms with E-state index >= 15 is 0 Å². The van der Waals surface area contributed by atoms with E-state index in [1.54, 1.807) is 0 Å². The highest BCUT2D eigenvalue weighted by atomic mass is 32.2. The molecule has 0 saturated carbocycles. The number of hydrogen-bond donors (Lipinski definition) is 3. The molecule has 0 aliphatic carbocycles. The highest BCUT2D eigenvalue weighted by Crippen LogP contribution is 2.19. The van der Waals surface area contributed by atoms with E-state index in [2.05, 4.69) is 15.0 Å². The lowest BCUT2D eigenvalue weighted by atomic mass is 9.99. The number of nitrogens with zero attached hydrogens (tertiary/aromatic N) is 1. The summed E-state index contributed by atoms with van der Waals surface area (Å²) in [5.74, 6) is -1.96. The summed E-state index contributed by atoms with van der Waals surface area (Å²) in [4.78, 5) is 26.6. The minimum absolute atomic E-state index is 0.0658. The fourth-order valence-corrected chi connectivity index (χ4v) is 3.40. The smallest absolute Gasteiger partial charge is 0.306 e. The van der Waals surface area contributed by atoms with Gasteiger partial charge in [0.15, 0.2) is 0 Å². The van der Waals surface area contributed by atoms with Gasteiger partial charge < -0.3 is 5.11 Å². The predicted octanol–water partition coefficient (Wildman–Crippen LogP) is -1.95. The van der Waals surface area contributed by atoms with E-state index in [4.69, 9.17) is 5.11 Å². The first kappa shape index (κ1) is 14.2. The van der Waals surface area contributed by atoms with Gasteiger partial charge in [-0.15, -0.1) is 0 Å². The third-order valence-electron chi connectivity index (χ3n) is 3.17. The van der Waals surface area contributed by atoms with Crippen LogP contribution < -0.4 is 10.2 Å². The van der Waals surface area contributed by atoms with Crippen LogP contribution in [0.1, 0.15) is 12.8 Å². The van der Waals surface area contributed by atoms with Crippen molar-refractivity contribution in [2.45, 2.75) is 18.9 Å². The number of piperidine rings is 1. The van der Waals surface area contributed by atoms with Gasteiger partial charge in [-0.2, -0.15) is 17.4 Å². The van der Waals surface area contributed by atoms with E-state index in [9.17, 15) is 18.0 Å². The van der Waals surface area contributed by atoms with E-state index in [1.807, 2.05) is 0 Å². The van der Waals surface area contributed by atoms with Crippen LogP contribution in [0.15, 0.2) is 0 Å². The molecular formula is C9H15N3O6S. The Morgan fingerprint density at radius 1 is 1.42 bits per heavy atom. The monoisotopic (exact) mass is 293 g/mol. The molecule has 0 bridgehead atoms. The summed E-state index contributed by atoms with van der Waals surface area (Å²) >= 11 is 0. The molecule has 19 heavy (non-hydrogen) atoms. The van der Waals surface area contributed by atoms with Gasteiger partial charge >= 0.3 is 5.97 Å². The van der Waals surface area contributed by atoms with Crippen molar-refractivity contribution in [3.8, 4) is 0 Å². The summed E-state index contributed by atoms with van der Waals surface area (Å²) in [6.07, 6.45) is 0.535. The third-order valence-corrected chi connectivity index (χ3v) is 4.80. The van der Waals surface area contributed by atoms with Crippen LogP contribution in [0.25, 0.3) is 0 Å². The minimum Gasteiger partial charge on any atom is -0.481 e. The van der Waals surface area contributed by atoms with Crippen LogP contribution in [0, 0.1) is 5.92 Å². The summed E-state index contributed by atoms with van der Waals surface area (Å²) in [6.45, 7) is 0.187. The van der Waals surface area contributed by atoms with Crippen molar-refractivity contribution in [3.63, 3.8) is 0 Å². The van der Waals surface area contributed by atoms with Crippen LogP contribution in [0.3, 0.4) is 0 Å². The fraction of sp³-hybridized carbons (Fsp3) is 0.778. The number of carboxylic acid groups (broad SMARTS) is 1. The lowest BCUT2D eigenvalue weighted by Crippen LogP contribution is -2.51. The maximum atomic E-state index is 12.0. The second-order valence-electron chi connectivity index (χ2n) is 4.46. The Morgan fingerprint density at radius 2 is 2.05 bits per heavy atom. The van der Waals surface area contributed by atoms with Crippen molar-refractivity contribution in [3.05, 3.63) is 0 Å². The molecule has 0 radical (unpaired) electrons. The zero-order valence-electron chi connectivity index (χ0n) is 10.0. The molecule has 9 nitrogen and oxygen atoms in total. The predicted molar refractivity (Wildman–Crippen MR) is 61.9 cm³/mol. The second-order valence-corrected chi connectivity index (χ2v) is 6.17. The van der Waals surface area contributed by atoms with Gasteiger partial charge in [0, 0.05) is 13.1 Å². The normalized spacial score (nSPS) is 26.3. The van der Waals surface area contributed by atoms with E-state index < -0.39 is 34.0 Å². The summed E-state index contributed by atoms with van der Waals surface area (Å²) in [6, 6.07) is -0.942. The largest absolute Gasteiger partial charge is 0.481 e. The summed E-state index contributed by atoms with van der Waals surface area (Å²) in [5.41, 5.74) is 2.05. The Balaban J connectivity index is 1.94. The number of carbonyl (C=O) groups is 2. The Hall–Kier alpha value is -1.23. The van der Waals surface area contributed by atoms with E-state index in [-0.39, 0.29) is 32.5 Å². The highest BCUT2D eigenvalue weighted by Gasteiger charge is 2.35. The number of amides is 1. The van der Waals surface area contributed by atoms with Gasteiger partial charge in [0.2, 0.25) is 0 Å². The molecule has 10 heteroatoms. The Labute approximate surface area is 110 Å². The van der Waals surface area contributed by atoms with Crippen molar-refractivity contribution >= 4 is 22.1 Å². The quantitative estimate of drug-likeness (QED) is 0.553. The number of hydroxylamine groups is 1. The highest BCUT2D eigenvalue weighted by molar-refractivity contribution is 7.87.